The molecular formula is C25H36N2O6. The van der Waals surface area contributed by atoms with Crippen molar-refractivity contribution in [2.45, 2.75) is 48.5 Å². The molecule has 1 amide bonds. The number of rotatable bonds is 7. The van der Waals surface area contributed by atoms with Crippen LogP contribution in [-0.2, 0) is 23.8 Å². The van der Waals surface area contributed by atoms with Crippen LogP contribution in [0.4, 0.5) is 4.79 Å². The fraction of sp³-hybridized carbons (Fsp3) is 0.560. The summed E-state index contributed by atoms with van der Waals surface area (Å²) in [6.07, 6.45) is 4.49. The number of ether oxygens (including phenoxy) is 3. The summed E-state index contributed by atoms with van der Waals surface area (Å²) in [5, 5.41) is 3.15. The third kappa shape index (κ3) is 6.27. The van der Waals surface area contributed by atoms with E-state index in [1.54, 1.807) is 26.2 Å². The first-order valence-electron chi connectivity index (χ1n) is 11.3. The van der Waals surface area contributed by atoms with Crippen molar-refractivity contribution < 1.29 is 28.6 Å². The van der Waals surface area contributed by atoms with Gasteiger partial charge in [0.05, 0.1) is 37.4 Å². The van der Waals surface area contributed by atoms with Crippen LogP contribution in [0.1, 0.15) is 48.5 Å². The summed E-state index contributed by atoms with van der Waals surface area (Å²) in [4.78, 5) is 40.0. The quantitative estimate of drug-likeness (QED) is 0.448. The lowest BCUT2D eigenvalue weighted by atomic mass is 9.75. The maximum Gasteiger partial charge on any atom is 0.417 e. The first-order chi connectivity index (χ1) is 15.5. The molecule has 1 atom stereocenters. The molecule has 1 unspecified atom stereocenters. The van der Waals surface area contributed by atoms with Crippen molar-refractivity contribution in [3.63, 3.8) is 0 Å². The highest BCUT2D eigenvalue weighted by atomic mass is 16.5. The van der Waals surface area contributed by atoms with Gasteiger partial charge in [0, 0.05) is 23.8 Å². The van der Waals surface area contributed by atoms with Crippen LogP contribution in [0.2, 0.25) is 0 Å². The summed E-state index contributed by atoms with van der Waals surface area (Å²) in [7, 11) is 1.30. The molecule has 2 heterocycles. The Morgan fingerprint density at radius 2 is 1.45 bits per heavy atom. The number of nitrogens with zero attached hydrogens (tertiary/aromatic N) is 1. The lowest BCUT2D eigenvalue weighted by Gasteiger charge is -2.35. The fourth-order valence-corrected chi connectivity index (χ4v) is 3.72. The van der Waals surface area contributed by atoms with Gasteiger partial charge in [-0.05, 0) is 37.2 Å². The molecule has 0 radical (unpaired) electrons. The van der Waals surface area contributed by atoms with E-state index in [-0.39, 0.29) is 31.0 Å². The lowest BCUT2D eigenvalue weighted by Crippen LogP contribution is -2.37. The van der Waals surface area contributed by atoms with Gasteiger partial charge in [0.2, 0.25) is 0 Å². The zero-order valence-corrected chi connectivity index (χ0v) is 20.9. The van der Waals surface area contributed by atoms with Gasteiger partial charge in [-0.25, -0.2) is 14.4 Å². The van der Waals surface area contributed by atoms with Crippen LogP contribution in [0.25, 0.3) is 0 Å². The Labute approximate surface area is 196 Å². The molecule has 0 saturated carbocycles. The van der Waals surface area contributed by atoms with Crippen LogP contribution in [0, 0.1) is 23.7 Å². The van der Waals surface area contributed by atoms with E-state index in [1.165, 1.54) is 12.0 Å². The van der Waals surface area contributed by atoms with Gasteiger partial charge in [0.15, 0.2) is 0 Å². The average Bonchev–Trinajstić information content (AvgIpc) is 2.75. The summed E-state index contributed by atoms with van der Waals surface area (Å²) >= 11 is 0. The Bertz CT molecular complexity index is 864. The van der Waals surface area contributed by atoms with Gasteiger partial charge >= 0.3 is 18.0 Å². The van der Waals surface area contributed by atoms with Crippen molar-refractivity contribution in [3.05, 3.63) is 46.6 Å². The largest absolute Gasteiger partial charge is 0.462 e. The lowest BCUT2D eigenvalue weighted by molar-refractivity contribution is -0.141. The Morgan fingerprint density at radius 1 is 0.970 bits per heavy atom. The molecule has 0 fully saturated rings. The van der Waals surface area contributed by atoms with Crippen molar-refractivity contribution in [1.29, 1.82) is 0 Å². The third-order valence-electron chi connectivity index (χ3n) is 5.36. The number of esters is 2. The highest BCUT2D eigenvalue weighted by molar-refractivity contribution is 5.99. The van der Waals surface area contributed by atoms with Crippen LogP contribution in [0.5, 0.6) is 0 Å². The smallest absolute Gasteiger partial charge is 0.417 e. The van der Waals surface area contributed by atoms with Gasteiger partial charge in [-0.15, -0.1) is 0 Å². The third-order valence-corrected chi connectivity index (χ3v) is 5.36. The molecule has 0 bridgehead atoms. The number of methoxy groups -OCH3 is 1. The molecule has 8 nitrogen and oxygen atoms in total. The summed E-state index contributed by atoms with van der Waals surface area (Å²) in [5.41, 5.74) is 2.54. The Hall–Kier alpha value is -3.03. The number of nitrogens with one attached hydrogen (secondary N) is 1. The second-order valence-electron chi connectivity index (χ2n) is 9.26. The maximum atomic E-state index is 13.2. The van der Waals surface area contributed by atoms with Gasteiger partial charge in [-0.3, -0.25) is 4.90 Å². The molecule has 0 aromatic rings. The topological polar surface area (TPSA) is 94.2 Å². The molecule has 2 aliphatic heterocycles. The van der Waals surface area contributed by atoms with Gasteiger partial charge in [0.1, 0.15) is 0 Å². The first-order valence-corrected chi connectivity index (χ1v) is 11.3. The molecule has 2 aliphatic rings. The second-order valence-corrected chi connectivity index (χ2v) is 9.26. The SMILES string of the molecule is COC(=O)N1C=CC(C)C(C2C(C(=O)OCC(C)C)=C(C)NC(C)=C2C(=O)OCC(C)C)=C1. The highest BCUT2D eigenvalue weighted by Crippen LogP contribution is 2.41. The number of allylic oxidation sites excluding steroid dienone is 4. The maximum absolute atomic E-state index is 13.2. The van der Waals surface area contributed by atoms with E-state index in [4.69, 9.17) is 14.2 Å². The van der Waals surface area contributed by atoms with E-state index in [2.05, 4.69) is 5.32 Å². The van der Waals surface area contributed by atoms with E-state index in [9.17, 15) is 14.4 Å². The van der Waals surface area contributed by atoms with Gasteiger partial charge in [-0.1, -0.05) is 40.7 Å². The van der Waals surface area contributed by atoms with E-state index < -0.39 is 23.9 Å². The van der Waals surface area contributed by atoms with Crippen LogP contribution < -0.4 is 5.32 Å². The number of hydrogen-bond donors (Lipinski definition) is 1. The van der Waals surface area contributed by atoms with Gasteiger partial charge in [-0.2, -0.15) is 0 Å². The molecular weight excluding hydrogens is 424 g/mol. The standard InChI is InChI=1S/C25H36N2O6/c1-14(2)12-32-23(28)20-17(6)26-18(7)21(24(29)33-13-15(3)4)22(20)19-11-27(25(30)31-8)10-9-16(19)5/h9-11,14-16,22,26H,12-13H2,1-8H3. The Morgan fingerprint density at radius 3 is 1.88 bits per heavy atom. The summed E-state index contributed by atoms with van der Waals surface area (Å²) < 4.78 is 16.0. The molecule has 8 heteroatoms. The molecule has 1 N–H and O–H groups in total. The van der Waals surface area contributed by atoms with Crippen LogP contribution in [0.3, 0.4) is 0 Å². The summed E-state index contributed by atoms with van der Waals surface area (Å²) in [6, 6.07) is 0. The molecule has 0 aliphatic carbocycles. The van der Waals surface area contributed by atoms with Crippen molar-refractivity contribution in [2.75, 3.05) is 20.3 Å². The van der Waals surface area contributed by atoms with Crippen LogP contribution in [-0.4, -0.2) is 43.3 Å². The predicted molar refractivity (Wildman–Crippen MR) is 124 cm³/mol. The van der Waals surface area contributed by atoms with Crippen molar-refractivity contribution >= 4 is 18.0 Å². The molecule has 0 aromatic carbocycles. The zero-order valence-electron chi connectivity index (χ0n) is 20.9. The Kier molecular flexibility index (Phi) is 8.91. The Balaban J connectivity index is 2.61. The minimum atomic E-state index is -0.738. The normalized spacial score (nSPS) is 19.0. The minimum absolute atomic E-state index is 0.156. The molecule has 33 heavy (non-hydrogen) atoms. The average molecular weight is 461 g/mol. The van der Waals surface area contributed by atoms with Crippen molar-refractivity contribution in [2.24, 2.45) is 23.7 Å². The van der Waals surface area contributed by atoms with Crippen LogP contribution in [0.15, 0.2) is 46.6 Å². The summed E-state index contributed by atoms with van der Waals surface area (Å²) in [5.74, 6) is -1.60. The highest BCUT2D eigenvalue weighted by Gasteiger charge is 2.41. The molecule has 2 rings (SSSR count). The van der Waals surface area contributed by atoms with Gasteiger partial charge < -0.3 is 19.5 Å². The number of hydrogen-bond acceptors (Lipinski definition) is 7. The second kappa shape index (κ2) is 11.2. The van der Waals surface area contributed by atoms with E-state index in [0.717, 1.165) is 0 Å². The predicted octanol–water partition coefficient (Wildman–Crippen LogP) is 4.27. The van der Waals surface area contributed by atoms with Crippen LogP contribution >= 0.6 is 0 Å². The van der Waals surface area contributed by atoms with Crippen molar-refractivity contribution in [1.82, 2.24) is 10.2 Å². The number of carbonyl (C=O) groups excluding carboxylic acids is 3. The first kappa shape index (κ1) is 26.2. The molecule has 0 spiro atoms. The number of dihydropyridines is 1. The fourth-order valence-electron chi connectivity index (χ4n) is 3.72. The molecule has 182 valence electrons. The monoisotopic (exact) mass is 460 g/mol. The minimum Gasteiger partial charge on any atom is -0.462 e. The number of amides is 1. The zero-order chi connectivity index (χ0) is 24.9. The van der Waals surface area contributed by atoms with E-state index in [0.29, 0.717) is 28.1 Å². The van der Waals surface area contributed by atoms with E-state index in [1.807, 2.05) is 40.7 Å². The number of carbonyl (C=O) groups is 3. The molecule has 0 saturated heterocycles. The molecule has 0 aromatic heterocycles. The summed E-state index contributed by atoms with van der Waals surface area (Å²) in [6.45, 7) is 13.8. The van der Waals surface area contributed by atoms with Crippen molar-refractivity contribution in [3.8, 4) is 0 Å². The van der Waals surface area contributed by atoms with Gasteiger partial charge in [0.25, 0.3) is 0 Å². The van der Waals surface area contributed by atoms with E-state index >= 15 is 0 Å².